The van der Waals surface area contributed by atoms with Gasteiger partial charge >= 0.3 is 5.97 Å². The Bertz CT molecular complexity index is 465. The minimum Gasteiger partial charge on any atom is -0.435 e. The van der Waals surface area contributed by atoms with Crippen LogP contribution < -0.4 is 0 Å². The Morgan fingerprint density at radius 2 is 1.86 bits per heavy atom. The van der Waals surface area contributed by atoms with E-state index in [0.717, 1.165) is 24.2 Å². The number of fused-ring (bicyclic) bond motifs is 1. The second-order valence-corrected chi connectivity index (χ2v) is 8.83. The Hall–Kier alpha value is -0.570. The van der Waals surface area contributed by atoms with Crippen LogP contribution in [0.25, 0.3) is 0 Å². The zero-order valence-corrected chi connectivity index (χ0v) is 13.8. The van der Waals surface area contributed by atoms with Crippen molar-refractivity contribution < 1.29 is 14.3 Å². The quantitative estimate of drug-likeness (QED) is 0.571. The van der Waals surface area contributed by atoms with E-state index < -0.39 is 5.41 Å². The van der Waals surface area contributed by atoms with E-state index in [4.69, 9.17) is 9.47 Å². The Morgan fingerprint density at radius 3 is 2.29 bits per heavy atom. The van der Waals surface area contributed by atoms with E-state index in [1.54, 1.807) is 7.11 Å². The van der Waals surface area contributed by atoms with Crippen molar-refractivity contribution >= 4 is 5.97 Å². The lowest BCUT2D eigenvalue weighted by molar-refractivity contribution is -0.219. The van der Waals surface area contributed by atoms with Crippen molar-refractivity contribution in [2.45, 2.75) is 65.6 Å². The molecule has 1 spiro atoms. The number of carbonyl (C=O) groups excluding carboxylic acids is 1. The molecule has 4 aliphatic rings. The van der Waals surface area contributed by atoms with E-state index in [0.29, 0.717) is 5.41 Å². The van der Waals surface area contributed by atoms with Crippen LogP contribution in [-0.4, -0.2) is 19.4 Å². The van der Waals surface area contributed by atoms with Gasteiger partial charge in [0.15, 0.2) is 0 Å². The number of methoxy groups -OCH3 is 1. The topological polar surface area (TPSA) is 35.5 Å². The first-order valence-corrected chi connectivity index (χ1v) is 8.62. The van der Waals surface area contributed by atoms with Crippen LogP contribution in [0, 0.1) is 34.0 Å². The highest BCUT2D eigenvalue weighted by Gasteiger charge is 2.79. The van der Waals surface area contributed by atoms with Crippen LogP contribution in [0.4, 0.5) is 0 Å². The molecule has 0 aromatic rings. The number of rotatable bonds is 5. The molecule has 0 radical (unpaired) electrons. The van der Waals surface area contributed by atoms with Crippen molar-refractivity contribution in [1.82, 2.24) is 0 Å². The molecule has 118 valence electrons. The van der Waals surface area contributed by atoms with Gasteiger partial charge in [0.2, 0.25) is 6.29 Å². The van der Waals surface area contributed by atoms with Crippen LogP contribution in [0.5, 0.6) is 0 Å². The van der Waals surface area contributed by atoms with Gasteiger partial charge in [-0.15, -0.1) is 0 Å². The Labute approximate surface area is 127 Å². The van der Waals surface area contributed by atoms with Crippen LogP contribution in [-0.2, 0) is 14.3 Å². The molecule has 0 amide bonds. The molecular weight excluding hydrogens is 264 g/mol. The summed E-state index contributed by atoms with van der Waals surface area (Å²) >= 11 is 0. The predicted octanol–water partition coefficient (Wildman–Crippen LogP) is 3.76. The highest BCUT2D eigenvalue weighted by atomic mass is 16.7. The Balaban J connectivity index is 1.53. The molecule has 2 bridgehead atoms. The number of hydrogen-bond acceptors (Lipinski definition) is 3. The summed E-state index contributed by atoms with van der Waals surface area (Å²) in [6.45, 7) is 5.97. The smallest absolute Gasteiger partial charge is 0.313 e. The molecule has 3 heteroatoms. The molecule has 4 aliphatic carbocycles. The SMILES string of the molecule is CCC(C)(C)C(=O)OC(OC)C12CC3CC4CC(C1)C43C2. The fraction of sp³-hybridized carbons (Fsp3) is 0.944. The average Bonchev–Trinajstić information content (AvgIpc) is 2.91. The summed E-state index contributed by atoms with van der Waals surface area (Å²) in [4.78, 5) is 12.5. The second-order valence-electron chi connectivity index (χ2n) is 8.83. The Morgan fingerprint density at radius 1 is 1.24 bits per heavy atom. The number of ether oxygens (including phenoxy) is 2. The highest BCUT2D eigenvalue weighted by Crippen LogP contribution is 2.85. The standard InChI is InChI=1S/C18H28O3/c1-5-16(2,3)14(19)21-15(20-4)17-8-12-6-11-7-13(9-17)18(11,12)10-17/h11-13,15H,5-10H2,1-4H3. The molecule has 4 rings (SSSR count). The first-order valence-electron chi connectivity index (χ1n) is 8.62. The normalized spacial score (nSPS) is 47.3. The van der Waals surface area contributed by atoms with Gasteiger partial charge in [-0.05, 0) is 75.5 Å². The molecule has 4 fully saturated rings. The van der Waals surface area contributed by atoms with Gasteiger partial charge in [-0.3, -0.25) is 4.79 Å². The molecular formula is C18H28O3. The summed E-state index contributed by atoms with van der Waals surface area (Å²) in [6.07, 6.45) is 7.00. The maximum absolute atomic E-state index is 12.5. The zero-order chi connectivity index (χ0) is 15.0. The van der Waals surface area contributed by atoms with Crippen LogP contribution in [0.15, 0.2) is 0 Å². The van der Waals surface area contributed by atoms with Gasteiger partial charge < -0.3 is 9.47 Å². The molecule has 0 aliphatic heterocycles. The molecule has 0 saturated heterocycles. The Kier molecular flexibility index (Phi) is 2.70. The van der Waals surface area contributed by atoms with Gasteiger partial charge in [0.25, 0.3) is 0 Å². The summed E-state index contributed by atoms with van der Waals surface area (Å²) in [5.41, 5.74) is 0.349. The van der Waals surface area contributed by atoms with Crippen molar-refractivity contribution in [2.24, 2.45) is 34.0 Å². The van der Waals surface area contributed by atoms with Crippen LogP contribution in [0.2, 0.25) is 0 Å². The summed E-state index contributed by atoms with van der Waals surface area (Å²) in [6, 6.07) is 0. The lowest BCUT2D eigenvalue weighted by Crippen LogP contribution is -2.59. The monoisotopic (exact) mass is 292 g/mol. The minimum atomic E-state index is -0.413. The molecule has 3 nitrogen and oxygen atoms in total. The van der Waals surface area contributed by atoms with E-state index >= 15 is 0 Å². The van der Waals surface area contributed by atoms with Crippen molar-refractivity contribution in [1.29, 1.82) is 0 Å². The third-order valence-electron chi connectivity index (χ3n) is 7.75. The third-order valence-corrected chi connectivity index (χ3v) is 7.75. The molecule has 0 N–H and O–H groups in total. The molecule has 4 saturated carbocycles. The fourth-order valence-electron chi connectivity index (χ4n) is 6.24. The summed E-state index contributed by atoms with van der Waals surface area (Å²) in [7, 11) is 1.71. The van der Waals surface area contributed by atoms with Crippen molar-refractivity contribution in [2.75, 3.05) is 7.11 Å². The lowest BCUT2D eigenvalue weighted by Gasteiger charge is -2.66. The van der Waals surface area contributed by atoms with Crippen molar-refractivity contribution in [3.05, 3.63) is 0 Å². The first kappa shape index (κ1) is 14.0. The van der Waals surface area contributed by atoms with Crippen LogP contribution in [0.3, 0.4) is 0 Å². The fourth-order valence-corrected chi connectivity index (χ4v) is 6.24. The van der Waals surface area contributed by atoms with E-state index in [2.05, 4.69) is 0 Å². The van der Waals surface area contributed by atoms with Gasteiger partial charge in [0, 0.05) is 12.5 Å². The van der Waals surface area contributed by atoms with E-state index in [9.17, 15) is 4.79 Å². The molecule has 0 aromatic carbocycles. The maximum Gasteiger partial charge on any atom is 0.313 e. The molecule has 0 heterocycles. The lowest BCUT2D eigenvalue weighted by atomic mass is 9.38. The summed E-state index contributed by atoms with van der Waals surface area (Å²) < 4.78 is 11.6. The van der Waals surface area contributed by atoms with Gasteiger partial charge in [0.05, 0.1) is 5.41 Å². The second kappa shape index (κ2) is 4.04. The molecule has 21 heavy (non-hydrogen) atoms. The maximum atomic E-state index is 12.5. The third kappa shape index (κ3) is 1.51. The van der Waals surface area contributed by atoms with E-state index in [1.807, 2.05) is 20.8 Å². The van der Waals surface area contributed by atoms with Crippen LogP contribution in [0.1, 0.15) is 59.3 Å². The van der Waals surface area contributed by atoms with Gasteiger partial charge in [-0.2, -0.15) is 0 Å². The van der Waals surface area contributed by atoms with E-state index in [-0.39, 0.29) is 17.7 Å². The number of esters is 1. The minimum absolute atomic E-state index is 0.0984. The molecule has 0 aromatic heterocycles. The average molecular weight is 292 g/mol. The van der Waals surface area contributed by atoms with Gasteiger partial charge in [-0.25, -0.2) is 0 Å². The number of carbonyl (C=O) groups is 1. The van der Waals surface area contributed by atoms with Crippen molar-refractivity contribution in [3.63, 3.8) is 0 Å². The van der Waals surface area contributed by atoms with Gasteiger partial charge in [-0.1, -0.05) is 6.92 Å². The molecule has 3 atom stereocenters. The van der Waals surface area contributed by atoms with E-state index in [1.165, 1.54) is 32.1 Å². The highest BCUT2D eigenvalue weighted by molar-refractivity contribution is 5.76. The summed E-state index contributed by atoms with van der Waals surface area (Å²) in [5, 5.41) is 0. The predicted molar refractivity (Wildman–Crippen MR) is 79.4 cm³/mol. The van der Waals surface area contributed by atoms with Crippen molar-refractivity contribution in [3.8, 4) is 0 Å². The van der Waals surface area contributed by atoms with Crippen LogP contribution >= 0.6 is 0 Å². The first-order chi connectivity index (χ1) is 9.88. The summed E-state index contributed by atoms with van der Waals surface area (Å²) in [5.74, 6) is 2.67. The zero-order valence-electron chi connectivity index (χ0n) is 13.8. The molecule has 3 unspecified atom stereocenters. The number of hydrogen-bond donors (Lipinski definition) is 0. The largest absolute Gasteiger partial charge is 0.435 e. The van der Waals surface area contributed by atoms with Gasteiger partial charge in [0.1, 0.15) is 0 Å².